The molecule has 4 nitrogen and oxygen atoms in total. The molecule has 94 valence electrons. The van der Waals surface area contributed by atoms with Crippen LogP contribution in [-0.4, -0.2) is 10.9 Å². The van der Waals surface area contributed by atoms with Crippen molar-refractivity contribution in [1.82, 2.24) is 10.3 Å². The topological polar surface area (TPSA) is 55.1 Å². The number of carbonyl (C=O) groups excluding carboxylic acids is 1. The third-order valence-electron chi connectivity index (χ3n) is 2.44. The van der Waals surface area contributed by atoms with Crippen molar-refractivity contribution in [1.29, 1.82) is 0 Å². The summed E-state index contributed by atoms with van der Waals surface area (Å²) in [5.41, 5.74) is 1.52. The van der Waals surface area contributed by atoms with Gasteiger partial charge in [0.1, 0.15) is 6.26 Å². The number of halogens is 1. The lowest BCUT2D eigenvalue weighted by Crippen LogP contribution is -2.24. The molecule has 0 bridgehead atoms. The Labute approximate surface area is 110 Å². The van der Waals surface area contributed by atoms with Gasteiger partial charge in [-0.15, -0.1) is 0 Å². The lowest BCUT2D eigenvalue weighted by Gasteiger charge is -2.04. The molecule has 1 aromatic carbocycles. The van der Waals surface area contributed by atoms with E-state index in [9.17, 15) is 4.79 Å². The predicted octanol–water partition coefficient (Wildman–Crippen LogP) is 2.50. The van der Waals surface area contributed by atoms with E-state index in [1.165, 1.54) is 6.26 Å². The Balaban J connectivity index is 1.88. The van der Waals surface area contributed by atoms with Gasteiger partial charge in [-0.05, 0) is 11.6 Å². The van der Waals surface area contributed by atoms with E-state index >= 15 is 0 Å². The van der Waals surface area contributed by atoms with Crippen LogP contribution in [0.3, 0.4) is 0 Å². The third kappa shape index (κ3) is 3.34. The Kier molecular flexibility index (Phi) is 3.99. The third-order valence-corrected chi connectivity index (χ3v) is 2.81. The zero-order valence-corrected chi connectivity index (χ0v) is 10.7. The Morgan fingerprint density at radius 1 is 1.44 bits per heavy atom. The standard InChI is InChI=1S/C13H13ClN2O2/c1-9-16-11(8-18-9)7-15-13(17)6-10-4-2-3-5-12(10)14/h2-5,8H,6-7H2,1H3,(H,15,17). The van der Waals surface area contributed by atoms with Gasteiger partial charge in [-0.1, -0.05) is 29.8 Å². The van der Waals surface area contributed by atoms with Gasteiger partial charge in [-0.25, -0.2) is 4.98 Å². The van der Waals surface area contributed by atoms with E-state index in [0.29, 0.717) is 23.2 Å². The van der Waals surface area contributed by atoms with Crippen LogP contribution in [0.15, 0.2) is 34.9 Å². The first-order valence-corrected chi connectivity index (χ1v) is 5.94. The van der Waals surface area contributed by atoms with E-state index < -0.39 is 0 Å². The minimum absolute atomic E-state index is 0.0937. The molecule has 2 aromatic rings. The SMILES string of the molecule is Cc1nc(CNC(=O)Cc2ccccc2Cl)co1. The minimum Gasteiger partial charge on any atom is -0.449 e. The number of rotatable bonds is 4. The van der Waals surface area contributed by atoms with Crippen molar-refractivity contribution in [2.75, 3.05) is 0 Å². The fourth-order valence-corrected chi connectivity index (χ4v) is 1.76. The maximum Gasteiger partial charge on any atom is 0.224 e. The Morgan fingerprint density at radius 3 is 2.89 bits per heavy atom. The van der Waals surface area contributed by atoms with Crippen molar-refractivity contribution < 1.29 is 9.21 Å². The fourth-order valence-electron chi connectivity index (χ4n) is 1.56. The first kappa shape index (κ1) is 12.6. The number of aryl methyl sites for hydroxylation is 1. The van der Waals surface area contributed by atoms with E-state index in [1.54, 1.807) is 13.0 Å². The number of amides is 1. The van der Waals surface area contributed by atoms with Gasteiger partial charge in [-0.2, -0.15) is 0 Å². The summed E-state index contributed by atoms with van der Waals surface area (Å²) in [6.07, 6.45) is 1.79. The van der Waals surface area contributed by atoms with E-state index in [4.69, 9.17) is 16.0 Å². The molecule has 0 spiro atoms. The molecule has 0 aliphatic rings. The van der Waals surface area contributed by atoms with Crippen molar-refractivity contribution in [3.05, 3.63) is 52.7 Å². The fraction of sp³-hybridized carbons (Fsp3) is 0.231. The van der Waals surface area contributed by atoms with Crippen LogP contribution in [0.1, 0.15) is 17.1 Å². The Bertz CT molecular complexity index is 551. The normalized spacial score (nSPS) is 10.3. The van der Waals surface area contributed by atoms with Crippen molar-refractivity contribution in [2.45, 2.75) is 19.9 Å². The van der Waals surface area contributed by atoms with E-state index in [0.717, 1.165) is 5.56 Å². The van der Waals surface area contributed by atoms with Crippen LogP contribution in [0.25, 0.3) is 0 Å². The predicted molar refractivity (Wildman–Crippen MR) is 68.2 cm³/mol. The second-order valence-electron chi connectivity index (χ2n) is 3.90. The molecule has 0 unspecified atom stereocenters. The summed E-state index contributed by atoms with van der Waals surface area (Å²) >= 11 is 5.98. The summed E-state index contributed by atoms with van der Waals surface area (Å²) in [4.78, 5) is 15.8. The summed E-state index contributed by atoms with van der Waals surface area (Å²) in [5.74, 6) is 0.495. The maximum absolute atomic E-state index is 11.7. The number of hydrogen-bond acceptors (Lipinski definition) is 3. The van der Waals surface area contributed by atoms with Gasteiger partial charge in [0.25, 0.3) is 0 Å². The molecule has 5 heteroatoms. The van der Waals surface area contributed by atoms with Gasteiger partial charge in [0, 0.05) is 11.9 Å². The number of aromatic nitrogens is 1. The second kappa shape index (κ2) is 5.69. The number of nitrogens with zero attached hydrogens (tertiary/aromatic N) is 1. The van der Waals surface area contributed by atoms with Gasteiger partial charge in [0.05, 0.1) is 18.7 Å². The highest BCUT2D eigenvalue weighted by molar-refractivity contribution is 6.31. The molecule has 1 aromatic heterocycles. The molecule has 0 saturated carbocycles. The molecule has 0 radical (unpaired) electrons. The van der Waals surface area contributed by atoms with Crippen LogP contribution in [0.2, 0.25) is 5.02 Å². The highest BCUT2D eigenvalue weighted by Crippen LogP contribution is 2.15. The monoisotopic (exact) mass is 264 g/mol. The van der Waals surface area contributed by atoms with Crippen molar-refractivity contribution in [2.24, 2.45) is 0 Å². The van der Waals surface area contributed by atoms with Crippen LogP contribution in [0.5, 0.6) is 0 Å². The second-order valence-corrected chi connectivity index (χ2v) is 4.31. The summed E-state index contributed by atoms with van der Waals surface area (Å²) < 4.78 is 5.05. The summed E-state index contributed by atoms with van der Waals surface area (Å²) in [5, 5.41) is 3.37. The number of carbonyl (C=O) groups is 1. The van der Waals surface area contributed by atoms with Crippen LogP contribution in [-0.2, 0) is 17.8 Å². The average Bonchev–Trinajstić information content (AvgIpc) is 2.76. The van der Waals surface area contributed by atoms with Gasteiger partial charge in [0.2, 0.25) is 5.91 Å². The summed E-state index contributed by atoms with van der Waals surface area (Å²) in [6, 6.07) is 7.30. The minimum atomic E-state index is -0.0937. The van der Waals surface area contributed by atoms with E-state index in [2.05, 4.69) is 10.3 Å². The molecule has 0 atom stereocenters. The quantitative estimate of drug-likeness (QED) is 0.923. The van der Waals surface area contributed by atoms with Crippen LogP contribution >= 0.6 is 11.6 Å². The molecule has 0 saturated heterocycles. The van der Waals surface area contributed by atoms with Gasteiger partial charge in [-0.3, -0.25) is 4.79 Å². The van der Waals surface area contributed by atoms with Gasteiger partial charge < -0.3 is 9.73 Å². The molecular weight excluding hydrogens is 252 g/mol. The zero-order chi connectivity index (χ0) is 13.0. The average molecular weight is 265 g/mol. The number of oxazole rings is 1. The van der Waals surface area contributed by atoms with Crippen LogP contribution < -0.4 is 5.32 Å². The van der Waals surface area contributed by atoms with Crippen LogP contribution in [0, 0.1) is 6.92 Å². The van der Waals surface area contributed by atoms with Crippen molar-refractivity contribution in [3.63, 3.8) is 0 Å². The Hall–Kier alpha value is -1.81. The summed E-state index contributed by atoms with van der Waals surface area (Å²) in [7, 11) is 0. The highest BCUT2D eigenvalue weighted by atomic mass is 35.5. The molecule has 0 aliphatic heterocycles. The maximum atomic E-state index is 11.7. The Morgan fingerprint density at radius 2 is 2.22 bits per heavy atom. The molecule has 1 heterocycles. The van der Waals surface area contributed by atoms with Crippen molar-refractivity contribution in [3.8, 4) is 0 Å². The lowest BCUT2D eigenvalue weighted by molar-refractivity contribution is -0.120. The lowest BCUT2D eigenvalue weighted by atomic mass is 10.1. The molecule has 18 heavy (non-hydrogen) atoms. The zero-order valence-electron chi connectivity index (χ0n) is 9.94. The molecule has 2 rings (SSSR count). The van der Waals surface area contributed by atoms with Crippen LogP contribution in [0.4, 0.5) is 0 Å². The van der Waals surface area contributed by atoms with Crippen molar-refractivity contribution >= 4 is 17.5 Å². The van der Waals surface area contributed by atoms with Gasteiger partial charge >= 0.3 is 0 Å². The largest absolute Gasteiger partial charge is 0.449 e. The van der Waals surface area contributed by atoms with E-state index in [1.807, 2.05) is 18.2 Å². The molecular formula is C13H13ClN2O2. The smallest absolute Gasteiger partial charge is 0.224 e. The number of benzene rings is 1. The number of hydrogen-bond donors (Lipinski definition) is 1. The molecule has 1 amide bonds. The molecule has 0 aliphatic carbocycles. The molecule has 1 N–H and O–H groups in total. The first-order valence-electron chi connectivity index (χ1n) is 5.56. The molecule has 0 fully saturated rings. The first-order chi connectivity index (χ1) is 8.65. The van der Waals surface area contributed by atoms with Gasteiger partial charge in [0.15, 0.2) is 5.89 Å². The summed E-state index contributed by atoms with van der Waals surface area (Å²) in [6.45, 7) is 2.12. The highest BCUT2D eigenvalue weighted by Gasteiger charge is 2.07. The van der Waals surface area contributed by atoms with E-state index in [-0.39, 0.29) is 12.3 Å². The number of nitrogens with one attached hydrogen (secondary N) is 1.